The Bertz CT molecular complexity index is 624. The van der Waals surface area contributed by atoms with Crippen molar-refractivity contribution in [1.29, 1.82) is 0 Å². The first-order valence-corrected chi connectivity index (χ1v) is 6.25. The van der Waals surface area contributed by atoms with Crippen LogP contribution in [0.25, 0.3) is 11.3 Å². The Morgan fingerprint density at radius 2 is 2.28 bits per heavy atom. The van der Waals surface area contributed by atoms with Crippen molar-refractivity contribution >= 4 is 27.5 Å². The number of amides is 1. The highest BCUT2D eigenvalue weighted by molar-refractivity contribution is 9.10. The highest BCUT2D eigenvalue weighted by Gasteiger charge is 2.23. The summed E-state index contributed by atoms with van der Waals surface area (Å²) in [6.45, 7) is 1.72. The Balaban J connectivity index is 2.04. The molecule has 2 aromatic rings. The SMILES string of the molecule is CC1Oc2ccc(-c3nc[nH]c3Br)cc2NC1=O. The van der Waals surface area contributed by atoms with Gasteiger partial charge in [0.05, 0.1) is 12.0 Å². The maximum Gasteiger partial charge on any atom is 0.265 e. The summed E-state index contributed by atoms with van der Waals surface area (Å²) < 4.78 is 6.30. The number of aromatic nitrogens is 2. The second kappa shape index (κ2) is 4.13. The third-order valence-corrected chi connectivity index (χ3v) is 3.38. The van der Waals surface area contributed by atoms with Gasteiger partial charge in [-0.2, -0.15) is 0 Å². The lowest BCUT2D eigenvalue weighted by Crippen LogP contribution is -2.34. The van der Waals surface area contributed by atoms with Gasteiger partial charge in [-0.15, -0.1) is 0 Å². The van der Waals surface area contributed by atoms with Crippen molar-refractivity contribution in [3.8, 4) is 17.0 Å². The monoisotopic (exact) mass is 307 g/mol. The molecule has 0 bridgehead atoms. The summed E-state index contributed by atoms with van der Waals surface area (Å²) in [5.41, 5.74) is 2.37. The molecular weight excluding hydrogens is 298 g/mol. The minimum atomic E-state index is -0.458. The van der Waals surface area contributed by atoms with Crippen LogP contribution in [0.1, 0.15) is 6.92 Å². The molecule has 1 aromatic carbocycles. The Labute approximate surface area is 112 Å². The van der Waals surface area contributed by atoms with Crippen LogP contribution in [-0.2, 0) is 4.79 Å². The summed E-state index contributed by atoms with van der Waals surface area (Å²) in [7, 11) is 0. The zero-order valence-electron chi connectivity index (χ0n) is 9.53. The van der Waals surface area contributed by atoms with Crippen LogP contribution in [0.3, 0.4) is 0 Å². The molecule has 92 valence electrons. The van der Waals surface area contributed by atoms with E-state index in [1.165, 1.54) is 0 Å². The molecule has 6 heteroatoms. The molecule has 1 aliphatic rings. The first kappa shape index (κ1) is 11.3. The molecule has 0 saturated carbocycles. The molecule has 1 aromatic heterocycles. The molecule has 5 nitrogen and oxygen atoms in total. The molecule has 1 unspecified atom stereocenters. The van der Waals surface area contributed by atoms with E-state index >= 15 is 0 Å². The molecule has 1 amide bonds. The van der Waals surface area contributed by atoms with Crippen LogP contribution in [0.15, 0.2) is 29.1 Å². The summed E-state index contributed by atoms with van der Waals surface area (Å²) in [5, 5.41) is 2.81. The van der Waals surface area contributed by atoms with Crippen LogP contribution in [0.2, 0.25) is 0 Å². The first-order chi connectivity index (χ1) is 8.65. The van der Waals surface area contributed by atoms with E-state index in [0.29, 0.717) is 11.4 Å². The highest BCUT2D eigenvalue weighted by Crippen LogP contribution is 2.35. The Morgan fingerprint density at radius 3 is 3.00 bits per heavy atom. The number of nitrogens with one attached hydrogen (secondary N) is 2. The minimum absolute atomic E-state index is 0.138. The molecular formula is C12H10BrN3O2. The number of carbonyl (C=O) groups excluding carboxylic acids is 1. The van der Waals surface area contributed by atoms with Gasteiger partial charge in [0, 0.05) is 5.56 Å². The number of halogens is 1. The van der Waals surface area contributed by atoms with E-state index in [-0.39, 0.29) is 5.91 Å². The van der Waals surface area contributed by atoms with Gasteiger partial charge >= 0.3 is 0 Å². The van der Waals surface area contributed by atoms with Crippen molar-refractivity contribution in [1.82, 2.24) is 9.97 Å². The van der Waals surface area contributed by atoms with Gasteiger partial charge < -0.3 is 15.0 Å². The van der Waals surface area contributed by atoms with Crippen molar-refractivity contribution in [3.63, 3.8) is 0 Å². The van der Waals surface area contributed by atoms with Crippen molar-refractivity contribution < 1.29 is 9.53 Å². The molecule has 18 heavy (non-hydrogen) atoms. The number of benzene rings is 1. The first-order valence-electron chi connectivity index (χ1n) is 5.46. The maximum atomic E-state index is 11.6. The van der Waals surface area contributed by atoms with Gasteiger partial charge in [0.15, 0.2) is 6.10 Å². The standard InChI is InChI=1S/C12H10BrN3O2/c1-6-12(17)16-8-4-7(2-3-9(8)18-6)10-11(13)15-5-14-10/h2-6H,1H3,(H,14,15)(H,16,17). The number of ether oxygens (including phenoxy) is 1. The second-order valence-corrected chi connectivity index (χ2v) is 4.82. The number of anilines is 1. The van der Waals surface area contributed by atoms with E-state index in [1.54, 1.807) is 13.3 Å². The van der Waals surface area contributed by atoms with Crippen molar-refractivity contribution in [2.24, 2.45) is 0 Å². The fourth-order valence-electron chi connectivity index (χ4n) is 1.84. The van der Waals surface area contributed by atoms with Gasteiger partial charge in [-0.1, -0.05) is 0 Å². The van der Waals surface area contributed by atoms with Gasteiger partial charge in [0.2, 0.25) is 0 Å². The summed E-state index contributed by atoms with van der Waals surface area (Å²) in [6.07, 6.45) is 1.15. The largest absolute Gasteiger partial charge is 0.479 e. The molecule has 0 fully saturated rings. The van der Waals surface area contributed by atoms with Gasteiger partial charge in [0.25, 0.3) is 5.91 Å². The molecule has 0 radical (unpaired) electrons. The lowest BCUT2D eigenvalue weighted by atomic mass is 10.1. The minimum Gasteiger partial charge on any atom is -0.479 e. The Kier molecular flexibility index (Phi) is 2.59. The van der Waals surface area contributed by atoms with E-state index in [1.807, 2.05) is 18.2 Å². The van der Waals surface area contributed by atoms with Gasteiger partial charge in [-0.3, -0.25) is 4.79 Å². The summed E-state index contributed by atoms with van der Waals surface area (Å²) >= 11 is 3.38. The molecule has 0 saturated heterocycles. The van der Waals surface area contributed by atoms with E-state index < -0.39 is 6.10 Å². The van der Waals surface area contributed by atoms with Crippen LogP contribution in [0.5, 0.6) is 5.75 Å². The Morgan fingerprint density at radius 1 is 1.44 bits per heavy atom. The third kappa shape index (κ3) is 1.78. The predicted molar refractivity (Wildman–Crippen MR) is 70.4 cm³/mol. The zero-order chi connectivity index (χ0) is 12.7. The zero-order valence-corrected chi connectivity index (χ0v) is 11.1. The number of aromatic amines is 1. The topological polar surface area (TPSA) is 67.0 Å². The van der Waals surface area contributed by atoms with Crippen molar-refractivity contribution in [2.75, 3.05) is 5.32 Å². The number of fused-ring (bicyclic) bond motifs is 1. The van der Waals surface area contributed by atoms with Crippen LogP contribution in [0, 0.1) is 0 Å². The second-order valence-electron chi connectivity index (χ2n) is 4.03. The predicted octanol–water partition coefficient (Wildman–Crippen LogP) is 2.56. The fourth-order valence-corrected chi connectivity index (χ4v) is 2.27. The maximum absolute atomic E-state index is 11.6. The fraction of sp³-hybridized carbons (Fsp3) is 0.167. The van der Waals surface area contributed by atoms with E-state index in [9.17, 15) is 4.79 Å². The molecule has 0 aliphatic carbocycles. The summed E-state index contributed by atoms with van der Waals surface area (Å²) in [5.74, 6) is 0.540. The normalized spacial score (nSPS) is 17.9. The molecule has 2 heterocycles. The molecule has 1 atom stereocenters. The number of hydrogen-bond acceptors (Lipinski definition) is 3. The van der Waals surface area contributed by atoms with Gasteiger partial charge in [0.1, 0.15) is 16.0 Å². The van der Waals surface area contributed by atoms with Crippen LogP contribution in [-0.4, -0.2) is 22.0 Å². The highest BCUT2D eigenvalue weighted by atomic mass is 79.9. The number of imidazole rings is 1. The Hall–Kier alpha value is -1.82. The van der Waals surface area contributed by atoms with Crippen LogP contribution >= 0.6 is 15.9 Å². The van der Waals surface area contributed by atoms with E-state index in [2.05, 4.69) is 31.2 Å². The van der Waals surface area contributed by atoms with Gasteiger partial charge in [-0.25, -0.2) is 4.98 Å². The van der Waals surface area contributed by atoms with Crippen molar-refractivity contribution in [2.45, 2.75) is 13.0 Å². The molecule has 0 spiro atoms. The van der Waals surface area contributed by atoms with Crippen LogP contribution in [0.4, 0.5) is 5.69 Å². The third-order valence-electron chi connectivity index (χ3n) is 2.78. The molecule has 2 N–H and O–H groups in total. The summed E-state index contributed by atoms with van der Waals surface area (Å²) in [6, 6.07) is 5.59. The smallest absolute Gasteiger partial charge is 0.265 e. The number of carbonyl (C=O) groups is 1. The lowest BCUT2D eigenvalue weighted by molar-refractivity contribution is -0.122. The number of nitrogens with zero attached hydrogens (tertiary/aromatic N) is 1. The number of rotatable bonds is 1. The van der Waals surface area contributed by atoms with Gasteiger partial charge in [-0.05, 0) is 41.1 Å². The number of H-pyrrole nitrogens is 1. The van der Waals surface area contributed by atoms with E-state index in [0.717, 1.165) is 15.9 Å². The van der Waals surface area contributed by atoms with Crippen molar-refractivity contribution in [3.05, 3.63) is 29.1 Å². The quantitative estimate of drug-likeness (QED) is 0.851. The van der Waals surface area contributed by atoms with Crippen LogP contribution < -0.4 is 10.1 Å². The molecule has 1 aliphatic heterocycles. The average molecular weight is 308 g/mol. The van der Waals surface area contributed by atoms with E-state index in [4.69, 9.17) is 4.74 Å². The average Bonchev–Trinajstić information content (AvgIpc) is 2.76. The lowest BCUT2D eigenvalue weighted by Gasteiger charge is -2.23. The molecule has 3 rings (SSSR count). The summed E-state index contributed by atoms with van der Waals surface area (Å²) in [4.78, 5) is 18.7. The number of hydrogen-bond donors (Lipinski definition) is 2.